The van der Waals surface area contributed by atoms with E-state index in [1.807, 2.05) is 54.6 Å². The Kier molecular flexibility index (Phi) is 7.90. The minimum atomic E-state index is -0.514. The lowest BCUT2D eigenvalue weighted by Crippen LogP contribution is -2.35. The Labute approximate surface area is 205 Å². The molecule has 0 saturated carbocycles. The van der Waals surface area contributed by atoms with Crippen molar-refractivity contribution < 1.29 is 19.4 Å². The van der Waals surface area contributed by atoms with E-state index in [0.717, 1.165) is 36.0 Å². The van der Waals surface area contributed by atoms with Gasteiger partial charge in [-0.2, -0.15) is 0 Å². The minimum Gasteiger partial charge on any atom is -0.465 e. The molecule has 0 radical (unpaired) electrons. The molecule has 4 rings (SSSR count). The summed E-state index contributed by atoms with van der Waals surface area (Å²) in [6.07, 6.45) is 5.33. The third kappa shape index (κ3) is 6.12. The summed E-state index contributed by atoms with van der Waals surface area (Å²) in [5.74, 6) is -0.563. The molecule has 7 heteroatoms. The fourth-order valence-electron chi connectivity index (χ4n) is 4.58. The molecule has 7 nitrogen and oxygen atoms in total. The number of aliphatic hydroxyl groups excluding tert-OH is 1. The lowest BCUT2D eigenvalue weighted by atomic mass is 10.0. The summed E-state index contributed by atoms with van der Waals surface area (Å²) in [5.41, 5.74) is 3.79. The van der Waals surface area contributed by atoms with E-state index >= 15 is 0 Å². The molecule has 1 fully saturated rings. The number of hydrogen-bond acceptors (Lipinski definition) is 6. The molecule has 1 aromatic heterocycles. The predicted octanol–water partition coefficient (Wildman–Crippen LogP) is 3.54. The molecule has 1 amide bonds. The van der Waals surface area contributed by atoms with Crippen molar-refractivity contribution in [2.45, 2.75) is 44.0 Å². The molecule has 0 unspecified atom stereocenters. The van der Waals surface area contributed by atoms with Crippen LogP contribution in [0.4, 0.5) is 0 Å². The lowest BCUT2D eigenvalue weighted by Gasteiger charge is -2.20. The molecule has 0 aliphatic carbocycles. The smallest absolute Gasteiger partial charge is 0.339 e. The van der Waals surface area contributed by atoms with Crippen LogP contribution < -0.4 is 5.32 Å². The molecule has 1 saturated heterocycles. The number of benzene rings is 2. The highest BCUT2D eigenvalue weighted by Crippen LogP contribution is 2.26. The first kappa shape index (κ1) is 24.6. The molecule has 2 N–H and O–H groups in total. The van der Waals surface area contributed by atoms with Crippen molar-refractivity contribution in [1.82, 2.24) is 15.2 Å². The Balaban J connectivity index is 1.31. The number of nitrogens with one attached hydrogen (secondary N) is 1. The highest BCUT2D eigenvalue weighted by Gasteiger charge is 2.29. The van der Waals surface area contributed by atoms with Gasteiger partial charge in [-0.05, 0) is 54.2 Å². The topological polar surface area (TPSA) is 91.8 Å². The normalized spacial score (nSPS) is 18.1. The van der Waals surface area contributed by atoms with Gasteiger partial charge >= 0.3 is 5.97 Å². The van der Waals surface area contributed by atoms with Gasteiger partial charge in [0.1, 0.15) is 0 Å². The summed E-state index contributed by atoms with van der Waals surface area (Å²) in [5, 5.41) is 14.3. The van der Waals surface area contributed by atoms with Crippen LogP contribution in [-0.4, -0.2) is 53.1 Å². The number of amides is 1. The predicted molar refractivity (Wildman–Crippen MR) is 133 cm³/mol. The molecular weight excluding hydrogens is 442 g/mol. The third-order valence-corrected chi connectivity index (χ3v) is 6.46. The first-order chi connectivity index (χ1) is 16.9. The first-order valence-corrected chi connectivity index (χ1v) is 11.8. The second-order valence-corrected chi connectivity index (χ2v) is 9.04. The molecule has 2 heterocycles. The molecule has 2 aromatic carbocycles. The molecular formula is C28H31N3O4. The fraction of sp³-hybridized carbons (Fsp3) is 0.321. The zero-order valence-corrected chi connectivity index (χ0v) is 20.1. The van der Waals surface area contributed by atoms with Crippen molar-refractivity contribution in [2.24, 2.45) is 0 Å². The largest absolute Gasteiger partial charge is 0.465 e. The van der Waals surface area contributed by atoms with Gasteiger partial charge in [-0.15, -0.1) is 0 Å². The van der Waals surface area contributed by atoms with Crippen molar-refractivity contribution in [1.29, 1.82) is 0 Å². The molecule has 1 aliphatic heterocycles. The van der Waals surface area contributed by atoms with Crippen LogP contribution in [0.2, 0.25) is 0 Å². The van der Waals surface area contributed by atoms with Crippen molar-refractivity contribution in [2.75, 3.05) is 14.2 Å². The Morgan fingerprint density at radius 1 is 1.06 bits per heavy atom. The minimum absolute atomic E-state index is 0.0454. The maximum atomic E-state index is 12.9. The zero-order valence-electron chi connectivity index (χ0n) is 20.1. The van der Waals surface area contributed by atoms with E-state index in [9.17, 15) is 14.7 Å². The van der Waals surface area contributed by atoms with Crippen LogP contribution in [0.5, 0.6) is 0 Å². The highest BCUT2D eigenvalue weighted by atomic mass is 16.5. The molecule has 0 spiro atoms. The van der Waals surface area contributed by atoms with Crippen molar-refractivity contribution in [3.63, 3.8) is 0 Å². The van der Waals surface area contributed by atoms with Crippen molar-refractivity contribution in [3.05, 3.63) is 101 Å². The van der Waals surface area contributed by atoms with E-state index in [4.69, 9.17) is 4.74 Å². The van der Waals surface area contributed by atoms with Crippen LogP contribution in [0.25, 0.3) is 0 Å². The van der Waals surface area contributed by atoms with Crippen LogP contribution in [-0.2, 0) is 17.7 Å². The Morgan fingerprint density at radius 2 is 1.80 bits per heavy atom. The van der Waals surface area contributed by atoms with E-state index < -0.39 is 12.1 Å². The standard InChI is InChI=1S/C28H31N3O4/c1-31(18-20-14-23(17-29-16-20)28(34)35-2)27(33)22-10-8-19(9-11-22)15-24-12-13-25(30-24)26(32)21-6-4-3-5-7-21/h3-11,14,16-17,24-26,30,32H,12-13,15,18H2,1-2H3/t24-,25+,26+/m0/s1. The number of methoxy groups -OCH3 is 1. The van der Waals surface area contributed by atoms with Gasteiger partial charge in [0.05, 0.1) is 18.8 Å². The van der Waals surface area contributed by atoms with Crippen LogP contribution in [0.15, 0.2) is 73.1 Å². The van der Waals surface area contributed by atoms with Gasteiger partial charge in [-0.3, -0.25) is 9.78 Å². The molecule has 0 bridgehead atoms. The first-order valence-electron chi connectivity index (χ1n) is 11.8. The number of esters is 1. The van der Waals surface area contributed by atoms with Gasteiger partial charge in [-0.25, -0.2) is 4.79 Å². The summed E-state index contributed by atoms with van der Waals surface area (Å²) in [6.45, 7) is 0.329. The number of pyridine rings is 1. The number of carbonyl (C=O) groups excluding carboxylic acids is 2. The van der Waals surface area contributed by atoms with Crippen LogP contribution >= 0.6 is 0 Å². The number of carbonyl (C=O) groups is 2. The van der Waals surface area contributed by atoms with Gasteiger partial charge in [0.2, 0.25) is 0 Å². The monoisotopic (exact) mass is 473 g/mol. The van der Waals surface area contributed by atoms with E-state index in [1.165, 1.54) is 13.3 Å². The number of hydrogen-bond donors (Lipinski definition) is 2. The van der Waals surface area contributed by atoms with E-state index in [0.29, 0.717) is 17.7 Å². The summed E-state index contributed by atoms with van der Waals surface area (Å²) < 4.78 is 4.73. The Bertz CT molecular complexity index is 1150. The Hall–Kier alpha value is -3.55. The second-order valence-electron chi connectivity index (χ2n) is 9.04. The molecule has 182 valence electrons. The molecule has 3 aromatic rings. The summed E-state index contributed by atoms with van der Waals surface area (Å²) in [7, 11) is 3.05. The summed E-state index contributed by atoms with van der Waals surface area (Å²) >= 11 is 0. The van der Waals surface area contributed by atoms with Crippen LogP contribution in [0.3, 0.4) is 0 Å². The van der Waals surface area contributed by atoms with Crippen molar-refractivity contribution >= 4 is 11.9 Å². The molecule has 3 atom stereocenters. The number of rotatable bonds is 8. The second kappa shape index (κ2) is 11.3. The van der Waals surface area contributed by atoms with Gasteiger partial charge < -0.3 is 20.1 Å². The zero-order chi connectivity index (χ0) is 24.8. The van der Waals surface area contributed by atoms with Crippen molar-refractivity contribution in [3.8, 4) is 0 Å². The van der Waals surface area contributed by atoms with E-state index in [1.54, 1.807) is 24.2 Å². The SMILES string of the molecule is COC(=O)c1cncc(CN(C)C(=O)c2ccc(C[C@@H]3CC[C@H]([C@H](O)c4ccccc4)N3)cc2)c1. The van der Waals surface area contributed by atoms with Crippen LogP contribution in [0, 0.1) is 0 Å². The van der Waals surface area contributed by atoms with Gasteiger partial charge in [-0.1, -0.05) is 42.5 Å². The number of ether oxygens (including phenoxy) is 1. The molecule has 35 heavy (non-hydrogen) atoms. The fourth-order valence-corrected chi connectivity index (χ4v) is 4.58. The lowest BCUT2D eigenvalue weighted by molar-refractivity contribution is 0.0600. The average Bonchev–Trinajstić information content (AvgIpc) is 3.36. The summed E-state index contributed by atoms with van der Waals surface area (Å²) in [6, 6.07) is 19.5. The number of aliphatic hydroxyl groups is 1. The maximum Gasteiger partial charge on any atom is 0.339 e. The number of aromatic nitrogens is 1. The quantitative estimate of drug-likeness (QED) is 0.487. The maximum absolute atomic E-state index is 12.9. The summed E-state index contributed by atoms with van der Waals surface area (Å²) in [4.78, 5) is 30.3. The van der Waals surface area contributed by atoms with E-state index in [-0.39, 0.29) is 18.0 Å². The average molecular weight is 474 g/mol. The van der Waals surface area contributed by atoms with Gasteiger partial charge in [0.15, 0.2) is 0 Å². The molecule has 1 aliphatic rings. The number of nitrogens with zero attached hydrogens (tertiary/aromatic N) is 2. The third-order valence-electron chi connectivity index (χ3n) is 6.46. The van der Waals surface area contributed by atoms with Gasteiger partial charge in [0.25, 0.3) is 5.91 Å². The van der Waals surface area contributed by atoms with Crippen LogP contribution in [0.1, 0.15) is 56.4 Å². The van der Waals surface area contributed by atoms with E-state index in [2.05, 4.69) is 10.3 Å². The van der Waals surface area contributed by atoms with Gasteiger partial charge in [0, 0.05) is 43.6 Å². The Morgan fingerprint density at radius 3 is 2.51 bits per heavy atom. The highest BCUT2D eigenvalue weighted by molar-refractivity contribution is 5.94.